The molecule has 0 heterocycles. The van der Waals surface area contributed by atoms with Crippen molar-refractivity contribution in [3.8, 4) is 0 Å². The van der Waals surface area contributed by atoms with Crippen molar-refractivity contribution in [2.45, 2.75) is 84.2 Å². The van der Waals surface area contributed by atoms with Crippen molar-refractivity contribution in [3.05, 3.63) is 35.4 Å². The van der Waals surface area contributed by atoms with Crippen molar-refractivity contribution in [1.82, 2.24) is 0 Å². The highest BCUT2D eigenvalue weighted by atomic mass is 19.1. The van der Waals surface area contributed by atoms with Gasteiger partial charge in [-0.3, -0.25) is 9.59 Å². The third kappa shape index (κ3) is 11.7. The van der Waals surface area contributed by atoms with E-state index in [1.54, 1.807) is 0 Å². The van der Waals surface area contributed by atoms with E-state index < -0.39 is 23.6 Å². The van der Waals surface area contributed by atoms with Crippen LogP contribution >= 0.6 is 0 Å². The fraction of sp³-hybridized carbons (Fsp3) is 0.636. The largest absolute Gasteiger partial charge is 0.466 e. The Balaban J connectivity index is 2.01. The number of ether oxygens (including phenoxy) is 2. The van der Waals surface area contributed by atoms with Gasteiger partial charge in [0.2, 0.25) is 0 Å². The Morgan fingerprint density at radius 1 is 0.821 bits per heavy atom. The van der Waals surface area contributed by atoms with Crippen LogP contribution in [0, 0.1) is 11.6 Å². The van der Waals surface area contributed by atoms with E-state index in [1.807, 2.05) is 0 Å². The van der Waals surface area contributed by atoms with E-state index in [0.717, 1.165) is 37.5 Å². The Bertz CT molecular complexity index is 590. The van der Waals surface area contributed by atoms with E-state index in [9.17, 15) is 18.4 Å². The highest BCUT2D eigenvalue weighted by molar-refractivity contribution is 5.77. The minimum absolute atomic E-state index is 0.0405. The van der Waals surface area contributed by atoms with Crippen LogP contribution < -0.4 is 0 Å². The number of benzene rings is 1. The summed E-state index contributed by atoms with van der Waals surface area (Å²) in [6.07, 6.45) is 10.4. The van der Waals surface area contributed by atoms with Gasteiger partial charge in [-0.05, 0) is 24.6 Å². The lowest BCUT2D eigenvalue weighted by Crippen LogP contribution is -2.11. The van der Waals surface area contributed by atoms with Crippen LogP contribution in [0.15, 0.2) is 18.2 Å². The monoisotopic (exact) mass is 398 g/mol. The Labute approximate surface area is 166 Å². The lowest BCUT2D eigenvalue weighted by molar-refractivity contribution is -0.151. The quantitative estimate of drug-likeness (QED) is 0.274. The number of carbonyl (C=O) groups is 2. The Hall–Kier alpha value is -1.98. The lowest BCUT2D eigenvalue weighted by atomic mass is 10.1. The number of esters is 2. The Morgan fingerprint density at radius 3 is 2.04 bits per heavy atom. The summed E-state index contributed by atoms with van der Waals surface area (Å²) in [5, 5.41) is 0. The van der Waals surface area contributed by atoms with E-state index in [-0.39, 0.29) is 25.0 Å². The Morgan fingerprint density at radius 2 is 1.39 bits per heavy atom. The third-order valence-electron chi connectivity index (χ3n) is 4.44. The maximum atomic E-state index is 13.4. The summed E-state index contributed by atoms with van der Waals surface area (Å²) in [5.74, 6) is -2.35. The van der Waals surface area contributed by atoms with E-state index in [2.05, 4.69) is 6.92 Å². The van der Waals surface area contributed by atoms with Crippen LogP contribution in [0.25, 0.3) is 0 Å². The maximum Gasteiger partial charge on any atom is 0.306 e. The number of halogens is 2. The smallest absolute Gasteiger partial charge is 0.306 e. The molecule has 1 aromatic carbocycles. The number of rotatable bonds is 15. The molecule has 0 spiro atoms. The molecule has 6 heteroatoms. The molecule has 0 bridgehead atoms. The van der Waals surface area contributed by atoms with Crippen LogP contribution in [0.5, 0.6) is 0 Å². The van der Waals surface area contributed by atoms with Gasteiger partial charge in [0, 0.05) is 5.56 Å². The zero-order valence-electron chi connectivity index (χ0n) is 16.8. The second-order valence-electron chi connectivity index (χ2n) is 6.95. The van der Waals surface area contributed by atoms with Gasteiger partial charge in [-0.25, -0.2) is 8.78 Å². The van der Waals surface area contributed by atoms with Gasteiger partial charge in [-0.1, -0.05) is 58.3 Å². The fourth-order valence-electron chi connectivity index (χ4n) is 2.76. The van der Waals surface area contributed by atoms with Gasteiger partial charge >= 0.3 is 11.9 Å². The van der Waals surface area contributed by atoms with Crippen LogP contribution in [0.2, 0.25) is 0 Å². The summed E-state index contributed by atoms with van der Waals surface area (Å²) in [6.45, 7) is 2.20. The normalized spacial score (nSPS) is 10.7. The van der Waals surface area contributed by atoms with Crippen LogP contribution in [0.4, 0.5) is 8.78 Å². The first-order valence-electron chi connectivity index (χ1n) is 10.3. The molecule has 4 nitrogen and oxygen atoms in total. The van der Waals surface area contributed by atoms with Gasteiger partial charge in [-0.2, -0.15) is 0 Å². The van der Waals surface area contributed by atoms with E-state index in [0.29, 0.717) is 6.61 Å². The molecule has 0 amide bonds. The molecule has 0 radical (unpaired) electrons. The molecule has 0 fully saturated rings. The SMILES string of the molecule is CCCCCCCCCCCOC(=O)CCC(=O)OCc1cc(F)ccc1F. The maximum absolute atomic E-state index is 13.4. The molecule has 158 valence electrons. The topological polar surface area (TPSA) is 52.6 Å². The van der Waals surface area contributed by atoms with E-state index >= 15 is 0 Å². The molecule has 0 aliphatic heterocycles. The highest BCUT2D eigenvalue weighted by Crippen LogP contribution is 2.12. The first kappa shape index (κ1) is 24.1. The minimum Gasteiger partial charge on any atom is -0.466 e. The molecule has 0 saturated carbocycles. The summed E-state index contributed by atoms with van der Waals surface area (Å²) in [5.41, 5.74) is -0.0405. The summed E-state index contributed by atoms with van der Waals surface area (Å²) >= 11 is 0. The molecule has 28 heavy (non-hydrogen) atoms. The number of unbranched alkanes of at least 4 members (excludes halogenated alkanes) is 8. The molecule has 0 aliphatic carbocycles. The molecule has 1 rings (SSSR count). The summed E-state index contributed by atoms with van der Waals surface area (Å²) < 4.78 is 36.4. The predicted octanol–water partition coefficient (Wildman–Crippen LogP) is 5.86. The standard InChI is InChI=1S/C22H32F2O4/c1-2-3-4-5-6-7-8-9-10-15-27-21(25)13-14-22(26)28-17-18-16-19(23)11-12-20(18)24/h11-12,16H,2-10,13-15,17H2,1H3. The second kappa shape index (κ2) is 15.0. The van der Waals surface area contributed by atoms with Gasteiger partial charge < -0.3 is 9.47 Å². The predicted molar refractivity (Wildman–Crippen MR) is 104 cm³/mol. The molecule has 0 atom stereocenters. The fourth-order valence-corrected chi connectivity index (χ4v) is 2.76. The van der Waals surface area contributed by atoms with Crippen molar-refractivity contribution >= 4 is 11.9 Å². The van der Waals surface area contributed by atoms with Crippen LogP contribution in [-0.2, 0) is 25.7 Å². The van der Waals surface area contributed by atoms with Crippen LogP contribution in [0.3, 0.4) is 0 Å². The van der Waals surface area contributed by atoms with Gasteiger partial charge in [-0.15, -0.1) is 0 Å². The molecule has 1 aromatic rings. The van der Waals surface area contributed by atoms with Crippen LogP contribution in [-0.4, -0.2) is 18.5 Å². The van der Waals surface area contributed by atoms with Crippen molar-refractivity contribution in [2.24, 2.45) is 0 Å². The summed E-state index contributed by atoms with van der Waals surface area (Å²) in [4.78, 5) is 23.2. The first-order chi connectivity index (χ1) is 13.5. The molecule has 0 aliphatic rings. The number of hydrogen-bond acceptors (Lipinski definition) is 4. The second-order valence-corrected chi connectivity index (χ2v) is 6.95. The zero-order valence-corrected chi connectivity index (χ0v) is 16.8. The average molecular weight is 398 g/mol. The highest BCUT2D eigenvalue weighted by Gasteiger charge is 2.11. The van der Waals surface area contributed by atoms with E-state index in [4.69, 9.17) is 9.47 Å². The summed E-state index contributed by atoms with van der Waals surface area (Å²) in [7, 11) is 0. The van der Waals surface area contributed by atoms with Crippen molar-refractivity contribution in [3.63, 3.8) is 0 Å². The number of carbonyl (C=O) groups excluding carboxylic acids is 2. The first-order valence-corrected chi connectivity index (χ1v) is 10.3. The van der Waals surface area contributed by atoms with Crippen LogP contribution in [0.1, 0.15) is 83.1 Å². The third-order valence-corrected chi connectivity index (χ3v) is 4.44. The minimum atomic E-state index is -0.649. The van der Waals surface area contributed by atoms with Crippen molar-refractivity contribution in [1.29, 1.82) is 0 Å². The average Bonchev–Trinajstić information content (AvgIpc) is 2.68. The van der Waals surface area contributed by atoms with E-state index in [1.165, 1.54) is 38.5 Å². The van der Waals surface area contributed by atoms with Crippen molar-refractivity contribution in [2.75, 3.05) is 6.61 Å². The summed E-state index contributed by atoms with van der Waals surface area (Å²) in [6, 6.07) is 2.94. The molecule has 0 saturated heterocycles. The zero-order chi connectivity index (χ0) is 20.6. The Kier molecular flexibility index (Phi) is 12.9. The van der Waals surface area contributed by atoms with Gasteiger partial charge in [0.1, 0.15) is 18.2 Å². The molecule has 0 N–H and O–H groups in total. The van der Waals surface area contributed by atoms with Gasteiger partial charge in [0.05, 0.1) is 19.4 Å². The molecule has 0 aromatic heterocycles. The number of hydrogen-bond donors (Lipinski definition) is 0. The van der Waals surface area contributed by atoms with Gasteiger partial charge in [0.25, 0.3) is 0 Å². The lowest BCUT2D eigenvalue weighted by Gasteiger charge is -2.07. The molecule has 0 unspecified atom stereocenters. The van der Waals surface area contributed by atoms with Crippen molar-refractivity contribution < 1.29 is 27.8 Å². The molecular formula is C22H32F2O4. The molecular weight excluding hydrogens is 366 g/mol. The van der Waals surface area contributed by atoms with Gasteiger partial charge in [0.15, 0.2) is 0 Å².